The number of hydrogen-bond acceptors (Lipinski definition) is 3. The molecule has 0 heterocycles. The summed E-state index contributed by atoms with van der Waals surface area (Å²) in [7, 11) is 0. The highest BCUT2D eigenvalue weighted by Crippen LogP contribution is 2.17. The van der Waals surface area contributed by atoms with Crippen LogP contribution in [0.25, 0.3) is 0 Å². The maximum absolute atomic E-state index is 11.7. The number of rotatable bonds is 5. The first-order valence-electron chi connectivity index (χ1n) is 8.33. The van der Waals surface area contributed by atoms with Crippen LogP contribution in [0.3, 0.4) is 0 Å². The highest BCUT2D eigenvalue weighted by molar-refractivity contribution is 5.79. The van der Waals surface area contributed by atoms with Gasteiger partial charge in [0.1, 0.15) is 0 Å². The number of amides is 3. The average molecular weight is 296 g/mol. The molecule has 0 aromatic carbocycles. The molecule has 0 aromatic heterocycles. The summed E-state index contributed by atoms with van der Waals surface area (Å²) in [5.74, 6) is -0.0557. The van der Waals surface area contributed by atoms with Crippen molar-refractivity contribution in [1.82, 2.24) is 21.5 Å². The molecular weight excluding hydrogens is 268 g/mol. The second kappa shape index (κ2) is 8.87. The molecule has 0 aromatic rings. The molecule has 21 heavy (non-hydrogen) atoms. The Labute approximate surface area is 126 Å². The minimum absolute atomic E-state index is 0.0557. The summed E-state index contributed by atoms with van der Waals surface area (Å²) < 4.78 is 0. The normalized spacial score (nSPS) is 20.8. The Hall–Kier alpha value is -1.30. The molecule has 6 nitrogen and oxygen atoms in total. The van der Waals surface area contributed by atoms with Crippen LogP contribution in [-0.4, -0.2) is 30.6 Å². The highest BCUT2D eigenvalue weighted by Gasteiger charge is 2.17. The van der Waals surface area contributed by atoms with E-state index in [9.17, 15) is 9.59 Å². The summed E-state index contributed by atoms with van der Waals surface area (Å²) >= 11 is 0. The van der Waals surface area contributed by atoms with E-state index >= 15 is 0 Å². The zero-order chi connectivity index (χ0) is 14.9. The molecule has 2 rings (SSSR count). The van der Waals surface area contributed by atoms with E-state index < -0.39 is 0 Å². The Morgan fingerprint density at radius 3 is 1.86 bits per heavy atom. The molecule has 120 valence electrons. The van der Waals surface area contributed by atoms with Gasteiger partial charge >= 0.3 is 6.03 Å². The van der Waals surface area contributed by atoms with Crippen LogP contribution >= 0.6 is 0 Å². The van der Waals surface area contributed by atoms with E-state index in [2.05, 4.69) is 21.5 Å². The summed E-state index contributed by atoms with van der Waals surface area (Å²) in [5, 5.41) is 5.93. The Balaban J connectivity index is 1.53. The highest BCUT2D eigenvalue weighted by atomic mass is 16.2. The zero-order valence-electron chi connectivity index (χ0n) is 12.7. The van der Waals surface area contributed by atoms with Crippen molar-refractivity contribution in [2.45, 2.75) is 76.3 Å². The summed E-state index contributed by atoms with van der Waals surface area (Å²) in [6, 6.07) is 0.341. The maximum Gasteiger partial charge on any atom is 0.329 e. The SMILES string of the molecule is O=C(CNNC(=O)NC1CCCCC1)NC1CCCCC1. The summed E-state index contributed by atoms with van der Waals surface area (Å²) in [4.78, 5) is 23.4. The average Bonchev–Trinajstić information content (AvgIpc) is 2.49. The fourth-order valence-corrected chi connectivity index (χ4v) is 3.20. The van der Waals surface area contributed by atoms with Gasteiger partial charge in [-0.25, -0.2) is 10.2 Å². The Morgan fingerprint density at radius 2 is 1.29 bits per heavy atom. The van der Waals surface area contributed by atoms with E-state index in [4.69, 9.17) is 0 Å². The standard InChI is InChI=1S/C15H28N4O2/c20-14(17-12-7-3-1-4-8-12)11-16-19-15(21)18-13-9-5-2-6-10-13/h12-13,16H,1-11H2,(H,17,20)(H2,18,19,21). The molecule has 2 fully saturated rings. The molecule has 0 bridgehead atoms. The van der Waals surface area contributed by atoms with Crippen LogP contribution in [0.4, 0.5) is 4.79 Å². The third kappa shape index (κ3) is 6.33. The van der Waals surface area contributed by atoms with Crippen LogP contribution in [-0.2, 0) is 4.79 Å². The van der Waals surface area contributed by atoms with E-state index in [0.29, 0.717) is 6.04 Å². The van der Waals surface area contributed by atoms with Crippen LogP contribution in [0, 0.1) is 0 Å². The second-order valence-corrected chi connectivity index (χ2v) is 6.19. The molecule has 2 saturated carbocycles. The van der Waals surface area contributed by atoms with Crippen molar-refractivity contribution < 1.29 is 9.59 Å². The van der Waals surface area contributed by atoms with Gasteiger partial charge in [0.05, 0.1) is 6.54 Å². The molecule has 0 unspecified atom stereocenters. The lowest BCUT2D eigenvalue weighted by Crippen LogP contribution is -2.51. The minimum atomic E-state index is -0.243. The zero-order valence-corrected chi connectivity index (χ0v) is 12.7. The molecule has 6 heteroatoms. The molecule has 0 atom stereocenters. The van der Waals surface area contributed by atoms with Gasteiger partial charge in [-0.05, 0) is 25.7 Å². The van der Waals surface area contributed by atoms with Gasteiger partial charge in [-0.15, -0.1) is 0 Å². The van der Waals surface area contributed by atoms with Crippen LogP contribution in [0.2, 0.25) is 0 Å². The summed E-state index contributed by atoms with van der Waals surface area (Å²) in [5.41, 5.74) is 5.23. The molecular formula is C15H28N4O2. The largest absolute Gasteiger partial charge is 0.352 e. The van der Waals surface area contributed by atoms with Crippen molar-refractivity contribution in [3.63, 3.8) is 0 Å². The van der Waals surface area contributed by atoms with Gasteiger partial charge in [-0.1, -0.05) is 38.5 Å². The van der Waals surface area contributed by atoms with Gasteiger partial charge in [-0.3, -0.25) is 10.2 Å². The van der Waals surface area contributed by atoms with Gasteiger partial charge in [0.15, 0.2) is 0 Å². The Kier molecular flexibility index (Phi) is 6.79. The van der Waals surface area contributed by atoms with Crippen molar-refractivity contribution in [3.05, 3.63) is 0 Å². The van der Waals surface area contributed by atoms with Crippen molar-refractivity contribution in [2.24, 2.45) is 0 Å². The van der Waals surface area contributed by atoms with Crippen LogP contribution in [0.1, 0.15) is 64.2 Å². The molecule has 0 spiro atoms. The number of carbonyl (C=O) groups excluding carboxylic acids is 2. The fourth-order valence-electron chi connectivity index (χ4n) is 3.20. The molecule has 0 radical (unpaired) electrons. The molecule has 0 saturated heterocycles. The summed E-state index contributed by atoms with van der Waals surface area (Å²) in [6.07, 6.45) is 11.5. The number of hydrazine groups is 1. The van der Waals surface area contributed by atoms with E-state index in [1.165, 1.54) is 38.5 Å². The lowest BCUT2D eigenvalue weighted by atomic mass is 9.95. The topological polar surface area (TPSA) is 82.3 Å². The van der Waals surface area contributed by atoms with Gasteiger partial charge in [0.25, 0.3) is 0 Å². The first-order chi connectivity index (χ1) is 10.2. The van der Waals surface area contributed by atoms with Gasteiger partial charge in [0.2, 0.25) is 5.91 Å². The lowest BCUT2D eigenvalue weighted by Gasteiger charge is -2.24. The quantitative estimate of drug-likeness (QED) is 0.581. The predicted molar refractivity (Wildman–Crippen MR) is 81.6 cm³/mol. The second-order valence-electron chi connectivity index (χ2n) is 6.19. The molecule has 2 aliphatic carbocycles. The van der Waals surface area contributed by atoms with Gasteiger partial charge in [0, 0.05) is 12.1 Å². The van der Waals surface area contributed by atoms with E-state index in [1.54, 1.807) is 0 Å². The number of urea groups is 1. The molecule has 4 N–H and O–H groups in total. The van der Waals surface area contributed by atoms with Crippen molar-refractivity contribution >= 4 is 11.9 Å². The van der Waals surface area contributed by atoms with E-state index in [-0.39, 0.29) is 24.5 Å². The molecule has 3 amide bonds. The minimum Gasteiger partial charge on any atom is -0.352 e. The predicted octanol–water partition coefficient (Wildman–Crippen LogP) is 1.57. The fraction of sp³-hybridized carbons (Fsp3) is 0.867. The van der Waals surface area contributed by atoms with E-state index in [0.717, 1.165) is 25.7 Å². The third-order valence-corrected chi connectivity index (χ3v) is 4.36. The molecule has 2 aliphatic rings. The Bertz CT molecular complexity index is 305. The van der Waals surface area contributed by atoms with Crippen LogP contribution in [0.15, 0.2) is 0 Å². The van der Waals surface area contributed by atoms with Gasteiger partial charge < -0.3 is 10.6 Å². The summed E-state index contributed by atoms with van der Waals surface area (Å²) in [6.45, 7) is 0.120. The van der Waals surface area contributed by atoms with Crippen LogP contribution in [0.5, 0.6) is 0 Å². The number of hydrogen-bond donors (Lipinski definition) is 4. The van der Waals surface area contributed by atoms with Crippen molar-refractivity contribution in [1.29, 1.82) is 0 Å². The molecule has 0 aliphatic heterocycles. The Morgan fingerprint density at radius 1 is 0.762 bits per heavy atom. The lowest BCUT2D eigenvalue weighted by molar-refractivity contribution is -0.121. The van der Waals surface area contributed by atoms with Crippen molar-refractivity contribution in [2.75, 3.05) is 6.54 Å². The van der Waals surface area contributed by atoms with Crippen LogP contribution < -0.4 is 21.5 Å². The first kappa shape index (κ1) is 16.1. The van der Waals surface area contributed by atoms with E-state index in [1.807, 2.05) is 0 Å². The number of carbonyl (C=O) groups is 2. The monoisotopic (exact) mass is 296 g/mol. The van der Waals surface area contributed by atoms with Crippen molar-refractivity contribution in [3.8, 4) is 0 Å². The van der Waals surface area contributed by atoms with Gasteiger partial charge in [-0.2, -0.15) is 0 Å². The maximum atomic E-state index is 11.7. The third-order valence-electron chi connectivity index (χ3n) is 4.36. The first-order valence-corrected chi connectivity index (χ1v) is 8.33. The smallest absolute Gasteiger partial charge is 0.329 e. The number of nitrogens with one attached hydrogen (secondary N) is 4.